The Hall–Kier alpha value is -0.260. The van der Waals surface area contributed by atoms with Crippen LogP contribution in [0.25, 0.3) is 0 Å². The van der Waals surface area contributed by atoms with Crippen LogP contribution in [0, 0.1) is 5.41 Å². The molecule has 0 amide bonds. The van der Waals surface area contributed by atoms with E-state index < -0.39 is 0 Å². The second-order valence-corrected chi connectivity index (χ2v) is 4.02. The summed E-state index contributed by atoms with van der Waals surface area (Å²) in [6.45, 7) is 9.01. The molecule has 0 fully saturated rings. The van der Waals surface area contributed by atoms with Gasteiger partial charge in [0.25, 0.3) is 0 Å². The molecule has 0 aliphatic carbocycles. The van der Waals surface area contributed by atoms with Crippen LogP contribution in [0.15, 0.2) is 12.2 Å². The van der Waals surface area contributed by atoms with Gasteiger partial charge in [0.1, 0.15) is 0 Å². The molecule has 0 aliphatic rings. The van der Waals surface area contributed by atoms with Gasteiger partial charge in [0, 0.05) is 0 Å². The van der Waals surface area contributed by atoms with Crippen molar-refractivity contribution in [3.63, 3.8) is 0 Å². The van der Waals surface area contributed by atoms with Crippen LogP contribution >= 0.6 is 0 Å². The minimum Gasteiger partial charge on any atom is -0.0885 e. The zero-order valence-corrected chi connectivity index (χ0v) is 7.78. The molecular formula is C10H20. The van der Waals surface area contributed by atoms with Crippen LogP contribution in [0.5, 0.6) is 0 Å². The highest BCUT2D eigenvalue weighted by atomic mass is 14.1. The topological polar surface area (TPSA) is 0 Å². The molecule has 0 aliphatic heterocycles. The van der Waals surface area contributed by atoms with Gasteiger partial charge in [-0.3, -0.25) is 0 Å². The van der Waals surface area contributed by atoms with E-state index in [-0.39, 0.29) is 0 Å². The summed E-state index contributed by atoms with van der Waals surface area (Å²) < 4.78 is 0. The maximum atomic E-state index is 2.30. The Balaban J connectivity index is 3.34. The van der Waals surface area contributed by atoms with E-state index in [0.29, 0.717) is 5.41 Å². The third-order valence-corrected chi connectivity index (χ3v) is 1.35. The summed E-state index contributed by atoms with van der Waals surface area (Å²) >= 11 is 0. The van der Waals surface area contributed by atoms with Crippen LogP contribution in [0.4, 0.5) is 0 Å². The standard InChI is InChI=1S/C10H20/c1-5-6-7-8-9-10(2,3)4/h7-8H,5-6,9H2,1-4H3/b8-7-. The van der Waals surface area contributed by atoms with Gasteiger partial charge < -0.3 is 0 Å². The SMILES string of the molecule is CCC/C=C\CC(C)(C)C. The van der Waals surface area contributed by atoms with Gasteiger partial charge in [0.15, 0.2) is 0 Å². The Morgan fingerprint density at radius 3 is 2.10 bits per heavy atom. The Bertz CT molecular complexity index is 93.1. The quantitative estimate of drug-likeness (QED) is 0.523. The van der Waals surface area contributed by atoms with E-state index in [2.05, 4.69) is 39.8 Å². The minimum atomic E-state index is 0.463. The van der Waals surface area contributed by atoms with Gasteiger partial charge in [-0.15, -0.1) is 0 Å². The van der Waals surface area contributed by atoms with Crippen LogP contribution in [-0.2, 0) is 0 Å². The molecule has 0 atom stereocenters. The van der Waals surface area contributed by atoms with Gasteiger partial charge in [-0.05, 0) is 18.3 Å². The van der Waals surface area contributed by atoms with Crippen LogP contribution in [-0.4, -0.2) is 0 Å². The highest BCUT2D eigenvalue weighted by Crippen LogP contribution is 2.18. The molecule has 0 aromatic heterocycles. The lowest BCUT2D eigenvalue weighted by molar-refractivity contribution is 0.420. The summed E-state index contributed by atoms with van der Waals surface area (Å²) in [5.41, 5.74) is 0.463. The third-order valence-electron chi connectivity index (χ3n) is 1.35. The molecular weight excluding hydrogens is 120 g/mol. The average Bonchev–Trinajstić information content (AvgIpc) is 1.78. The molecule has 60 valence electrons. The van der Waals surface area contributed by atoms with Gasteiger partial charge in [0.2, 0.25) is 0 Å². The first-order chi connectivity index (χ1) is 4.56. The molecule has 0 aromatic carbocycles. The first-order valence-corrected chi connectivity index (χ1v) is 4.21. The molecule has 0 saturated carbocycles. The second kappa shape index (κ2) is 4.54. The lowest BCUT2D eigenvalue weighted by Gasteiger charge is -2.14. The Morgan fingerprint density at radius 1 is 1.10 bits per heavy atom. The number of hydrogen-bond acceptors (Lipinski definition) is 0. The molecule has 0 heterocycles. The molecule has 10 heavy (non-hydrogen) atoms. The summed E-state index contributed by atoms with van der Waals surface area (Å²) in [6.07, 6.45) is 8.28. The van der Waals surface area contributed by atoms with Crippen LogP contribution in [0.3, 0.4) is 0 Å². The molecule has 0 N–H and O–H groups in total. The molecule has 0 spiro atoms. The van der Waals surface area contributed by atoms with E-state index in [9.17, 15) is 0 Å². The maximum Gasteiger partial charge on any atom is -0.0302 e. The van der Waals surface area contributed by atoms with Crippen molar-refractivity contribution in [3.05, 3.63) is 12.2 Å². The summed E-state index contributed by atoms with van der Waals surface area (Å²) in [6, 6.07) is 0. The lowest BCUT2D eigenvalue weighted by Crippen LogP contribution is -2.01. The van der Waals surface area contributed by atoms with Crippen molar-refractivity contribution in [1.82, 2.24) is 0 Å². The lowest BCUT2D eigenvalue weighted by atomic mass is 9.92. The molecule has 0 radical (unpaired) electrons. The van der Waals surface area contributed by atoms with Gasteiger partial charge in [-0.1, -0.05) is 46.3 Å². The molecule has 0 bridgehead atoms. The van der Waals surface area contributed by atoms with Crippen molar-refractivity contribution in [1.29, 1.82) is 0 Å². The molecule has 0 heteroatoms. The normalized spacial score (nSPS) is 12.8. The third kappa shape index (κ3) is 7.74. The first-order valence-electron chi connectivity index (χ1n) is 4.21. The van der Waals surface area contributed by atoms with Gasteiger partial charge in [0.05, 0.1) is 0 Å². The van der Waals surface area contributed by atoms with Crippen molar-refractivity contribution in [2.45, 2.75) is 47.0 Å². The highest BCUT2D eigenvalue weighted by Gasteiger charge is 2.05. The summed E-state index contributed by atoms with van der Waals surface area (Å²) in [5, 5.41) is 0. The Morgan fingerprint density at radius 2 is 1.70 bits per heavy atom. The van der Waals surface area contributed by atoms with E-state index >= 15 is 0 Å². The summed E-state index contributed by atoms with van der Waals surface area (Å²) in [4.78, 5) is 0. The Kier molecular flexibility index (Phi) is 4.42. The van der Waals surface area contributed by atoms with Crippen LogP contribution in [0.2, 0.25) is 0 Å². The predicted molar refractivity (Wildman–Crippen MR) is 48.1 cm³/mol. The number of hydrogen-bond donors (Lipinski definition) is 0. The fourth-order valence-electron chi connectivity index (χ4n) is 0.721. The van der Waals surface area contributed by atoms with Gasteiger partial charge >= 0.3 is 0 Å². The first kappa shape index (κ1) is 9.74. The maximum absolute atomic E-state index is 2.30. The highest BCUT2D eigenvalue weighted by molar-refractivity contribution is 4.85. The van der Waals surface area contributed by atoms with E-state index in [0.717, 1.165) is 0 Å². The van der Waals surface area contributed by atoms with E-state index in [4.69, 9.17) is 0 Å². The average molecular weight is 140 g/mol. The monoisotopic (exact) mass is 140 g/mol. The van der Waals surface area contributed by atoms with Crippen molar-refractivity contribution >= 4 is 0 Å². The summed E-state index contributed by atoms with van der Waals surface area (Å²) in [5.74, 6) is 0. The summed E-state index contributed by atoms with van der Waals surface area (Å²) in [7, 11) is 0. The number of allylic oxidation sites excluding steroid dienone is 2. The van der Waals surface area contributed by atoms with Crippen molar-refractivity contribution in [2.75, 3.05) is 0 Å². The second-order valence-electron chi connectivity index (χ2n) is 4.02. The van der Waals surface area contributed by atoms with Gasteiger partial charge in [-0.2, -0.15) is 0 Å². The van der Waals surface area contributed by atoms with Gasteiger partial charge in [-0.25, -0.2) is 0 Å². The predicted octanol–water partition coefficient (Wildman–Crippen LogP) is 3.78. The van der Waals surface area contributed by atoms with E-state index in [1.807, 2.05) is 0 Å². The van der Waals surface area contributed by atoms with E-state index in [1.165, 1.54) is 19.3 Å². The van der Waals surface area contributed by atoms with Crippen LogP contribution < -0.4 is 0 Å². The molecule has 0 nitrogen and oxygen atoms in total. The van der Waals surface area contributed by atoms with Crippen molar-refractivity contribution in [3.8, 4) is 0 Å². The van der Waals surface area contributed by atoms with Crippen molar-refractivity contribution in [2.24, 2.45) is 5.41 Å². The molecule has 0 saturated heterocycles. The van der Waals surface area contributed by atoms with E-state index in [1.54, 1.807) is 0 Å². The minimum absolute atomic E-state index is 0.463. The zero-order valence-electron chi connectivity index (χ0n) is 7.78. The smallest absolute Gasteiger partial charge is 0.0302 e. The molecule has 0 aromatic rings. The van der Waals surface area contributed by atoms with Crippen LogP contribution in [0.1, 0.15) is 47.0 Å². The zero-order chi connectivity index (χ0) is 8.04. The fourth-order valence-corrected chi connectivity index (χ4v) is 0.721. The molecule has 0 rings (SSSR count). The molecule has 0 unspecified atom stereocenters. The Labute approximate surface area is 65.3 Å². The number of unbranched alkanes of at least 4 members (excludes halogenated alkanes) is 1. The largest absolute Gasteiger partial charge is 0.0885 e. The fraction of sp³-hybridized carbons (Fsp3) is 0.800. The van der Waals surface area contributed by atoms with Crippen molar-refractivity contribution < 1.29 is 0 Å². The number of rotatable bonds is 3.